The van der Waals surface area contributed by atoms with Crippen LogP contribution in [-0.2, 0) is 4.74 Å². The average Bonchev–Trinajstić information content (AvgIpc) is 2.95. The molecule has 1 saturated heterocycles. The van der Waals surface area contributed by atoms with Crippen molar-refractivity contribution in [3.8, 4) is 0 Å². The van der Waals surface area contributed by atoms with Crippen molar-refractivity contribution in [3.63, 3.8) is 0 Å². The van der Waals surface area contributed by atoms with Crippen LogP contribution in [-0.4, -0.2) is 56.2 Å². The Hall–Kier alpha value is -1.06. The van der Waals surface area contributed by atoms with E-state index in [1.807, 2.05) is 6.26 Å². The molecule has 1 aliphatic heterocycles. The van der Waals surface area contributed by atoms with Gasteiger partial charge in [-0.05, 0) is 84.3 Å². The van der Waals surface area contributed by atoms with Crippen LogP contribution in [0.4, 0.5) is 0 Å². The molecule has 2 atom stereocenters. The Morgan fingerprint density at radius 3 is 2.54 bits per heavy atom. The van der Waals surface area contributed by atoms with Crippen LogP contribution in [0.1, 0.15) is 47.5 Å². The summed E-state index contributed by atoms with van der Waals surface area (Å²) >= 11 is 0. The molecule has 138 valence electrons. The minimum atomic E-state index is 0.461. The molecule has 0 spiro atoms. The molecule has 0 amide bonds. The van der Waals surface area contributed by atoms with Crippen LogP contribution >= 0.6 is 0 Å². The standard InChI is InChI=1S/C21H38N2O/c1-17(2)19(4)21(20(5)23-13-11-18(3)16-23)10-8-14-24-15-9-12-22(6)7/h8,10,14,18,20H,9,11-13,15-16H2,1-7H3/b14-8+,21-10+. The predicted molar refractivity (Wildman–Crippen MR) is 105 cm³/mol. The predicted octanol–water partition coefficient (Wildman–Crippen LogP) is 4.48. The Morgan fingerprint density at radius 2 is 2.00 bits per heavy atom. The van der Waals surface area contributed by atoms with E-state index in [4.69, 9.17) is 4.74 Å². The second-order valence-electron chi connectivity index (χ2n) is 7.67. The van der Waals surface area contributed by atoms with Crippen molar-refractivity contribution in [3.05, 3.63) is 35.1 Å². The second-order valence-corrected chi connectivity index (χ2v) is 7.67. The lowest BCUT2D eigenvalue weighted by Crippen LogP contribution is -2.32. The molecule has 0 aliphatic carbocycles. The number of ether oxygens (including phenoxy) is 1. The minimum Gasteiger partial charge on any atom is -0.501 e. The van der Waals surface area contributed by atoms with Crippen LogP contribution in [0, 0.1) is 5.92 Å². The number of rotatable bonds is 9. The monoisotopic (exact) mass is 334 g/mol. The number of nitrogens with zero attached hydrogens (tertiary/aromatic N) is 2. The van der Waals surface area contributed by atoms with Gasteiger partial charge in [0.05, 0.1) is 12.9 Å². The summed E-state index contributed by atoms with van der Waals surface area (Å²) in [6, 6.07) is 0.461. The van der Waals surface area contributed by atoms with E-state index in [0.29, 0.717) is 6.04 Å². The number of allylic oxidation sites excluding steroid dienone is 3. The summed E-state index contributed by atoms with van der Waals surface area (Å²) < 4.78 is 5.62. The molecule has 3 heteroatoms. The first-order valence-corrected chi connectivity index (χ1v) is 9.34. The molecule has 1 fully saturated rings. The first kappa shape index (κ1) is 21.0. The van der Waals surface area contributed by atoms with Gasteiger partial charge in [0.15, 0.2) is 0 Å². The van der Waals surface area contributed by atoms with E-state index in [1.165, 1.54) is 36.2 Å². The summed E-state index contributed by atoms with van der Waals surface area (Å²) in [7, 11) is 4.18. The van der Waals surface area contributed by atoms with Crippen molar-refractivity contribution in [1.82, 2.24) is 9.80 Å². The number of hydrogen-bond acceptors (Lipinski definition) is 3. The molecule has 0 aromatic carbocycles. The zero-order chi connectivity index (χ0) is 18.1. The van der Waals surface area contributed by atoms with Gasteiger partial charge >= 0.3 is 0 Å². The van der Waals surface area contributed by atoms with E-state index in [-0.39, 0.29) is 0 Å². The Kier molecular flexibility index (Phi) is 9.38. The quantitative estimate of drug-likeness (QED) is 0.351. The lowest BCUT2D eigenvalue weighted by Gasteiger charge is -2.28. The van der Waals surface area contributed by atoms with Crippen LogP contribution in [0.3, 0.4) is 0 Å². The Morgan fingerprint density at radius 1 is 1.29 bits per heavy atom. The summed E-state index contributed by atoms with van der Waals surface area (Å²) in [5, 5.41) is 0. The maximum absolute atomic E-state index is 5.62. The van der Waals surface area contributed by atoms with E-state index in [0.717, 1.165) is 25.5 Å². The van der Waals surface area contributed by atoms with Gasteiger partial charge in [-0.25, -0.2) is 0 Å². The average molecular weight is 335 g/mol. The Labute approximate surface area is 150 Å². The topological polar surface area (TPSA) is 15.7 Å². The van der Waals surface area contributed by atoms with E-state index in [9.17, 15) is 0 Å². The van der Waals surface area contributed by atoms with Crippen LogP contribution in [0.5, 0.6) is 0 Å². The highest BCUT2D eigenvalue weighted by Gasteiger charge is 2.25. The van der Waals surface area contributed by atoms with E-state index in [2.05, 4.69) is 70.7 Å². The van der Waals surface area contributed by atoms with Crippen LogP contribution < -0.4 is 0 Å². The van der Waals surface area contributed by atoms with Gasteiger partial charge in [-0.3, -0.25) is 4.90 Å². The summed E-state index contributed by atoms with van der Waals surface area (Å²) in [5.41, 5.74) is 4.21. The second kappa shape index (κ2) is 10.7. The van der Waals surface area contributed by atoms with E-state index >= 15 is 0 Å². The van der Waals surface area contributed by atoms with Crippen molar-refractivity contribution < 1.29 is 4.74 Å². The van der Waals surface area contributed by atoms with Crippen LogP contribution in [0.25, 0.3) is 0 Å². The summed E-state index contributed by atoms with van der Waals surface area (Å²) in [6.45, 7) is 15.6. The largest absolute Gasteiger partial charge is 0.501 e. The zero-order valence-electron chi connectivity index (χ0n) is 16.9. The van der Waals surface area contributed by atoms with Gasteiger partial charge in [0.25, 0.3) is 0 Å². The highest BCUT2D eigenvalue weighted by Crippen LogP contribution is 2.26. The fourth-order valence-electron chi connectivity index (χ4n) is 3.11. The summed E-state index contributed by atoms with van der Waals surface area (Å²) in [5.74, 6) is 0.816. The third kappa shape index (κ3) is 7.23. The fourth-order valence-corrected chi connectivity index (χ4v) is 3.11. The van der Waals surface area contributed by atoms with Gasteiger partial charge in [0, 0.05) is 19.1 Å². The molecule has 1 heterocycles. The lowest BCUT2D eigenvalue weighted by atomic mass is 9.96. The molecule has 0 aromatic rings. The molecule has 1 aliphatic rings. The lowest BCUT2D eigenvalue weighted by molar-refractivity contribution is 0.228. The zero-order valence-corrected chi connectivity index (χ0v) is 16.9. The van der Waals surface area contributed by atoms with E-state index < -0.39 is 0 Å². The molecule has 0 bridgehead atoms. The highest BCUT2D eigenvalue weighted by molar-refractivity contribution is 5.38. The molecule has 1 rings (SSSR count). The van der Waals surface area contributed by atoms with Crippen molar-refractivity contribution in [2.45, 2.75) is 53.5 Å². The van der Waals surface area contributed by atoms with Crippen molar-refractivity contribution in [2.75, 3.05) is 40.3 Å². The van der Waals surface area contributed by atoms with Gasteiger partial charge in [-0.15, -0.1) is 0 Å². The van der Waals surface area contributed by atoms with Crippen molar-refractivity contribution in [1.29, 1.82) is 0 Å². The SMILES string of the molecule is CC(C)=C(C)/C(=C\C=C\OCCCN(C)C)C(C)N1CCC(C)C1. The molecule has 3 nitrogen and oxygen atoms in total. The van der Waals surface area contributed by atoms with Crippen molar-refractivity contribution in [2.24, 2.45) is 5.92 Å². The Balaban J connectivity index is 2.67. The molecule has 0 N–H and O–H groups in total. The fraction of sp³-hybridized carbons (Fsp3) is 0.714. The molecular weight excluding hydrogens is 296 g/mol. The molecule has 0 aromatic heterocycles. The maximum Gasteiger partial charge on any atom is 0.0885 e. The Bertz CT molecular complexity index is 458. The summed E-state index contributed by atoms with van der Waals surface area (Å²) in [4.78, 5) is 4.79. The molecule has 2 unspecified atom stereocenters. The first-order chi connectivity index (χ1) is 11.3. The maximum atomic E-state index is 5.62. The third-order valence-corrected chi connectivity index (χ3v) is 4.95. The van der Waals surface area contributed by atoms with Gasteiger partial charge in [-0.2, -0.15) is 0 Å². The number of likely N-dealkylation sites (tertiary alicyclic amines) is 1. The van der Waals surface area contributed by atoms with Gasteiger partial charge < -0.3 is 9.64 Å². The van der Waals surface area contributed by atoms with Gasteiger partial charge in [-0.1, -0.05) is 18.6 Å². The van der Waals surface area contributed by atoms with Crippen molar-refractivity contribution >= 4 is 0 Å². The van der Waals surface area contributed by atoms with Gasteiger partial charge in [0.2, 0.25) is 0 Å². The molecule has 0 saturated carbocycles. The van der Waals surface area contributed by atoms with Crippen LogP contribution in [0.15, 0.2) is 35.1 Å². The van der Waals surface area contributed by atoms with Gasteiger partial charge in [0.1, 0.15) is 0 Å². The minimum absolute atomic E-state index is 0.461. The molecule has 24 heavy (non-hydrogen) atoms. The first-order valence-electron chi connectivity index (χ1n) is 9.34. The number of hydrogen-bond donors (Lipinski definition) is 0. The normalized spacial score (nSPS) is 20.8. The highest BCUT2D eigenvalue weighted by atomic mass is 16.5. The van der Waals surface area contributed by atoms with Crippen LogP contribution in [0.2, 0.25) is 0 Å². The molecule has 0 radical (unpaired) electrons. The van der Waals surface area contributed by atoms with E-state index in [1.54, 1.807) is 0 Å². The molecular formula is C21H38N2O. The summed E-state index contributed by atoms with van der Waals surface area (Å²) in [6.07, 6.45) is 8.52. The smallest absolute Gasteiger partial charge is 0.0885 e. The third-order valence-electron chi connectivity index (χ3n) is 4.95.